The summed E-state index contributed by atoms with van der Waals surface area (Å²) in [4.78, 5) is 23.7. The van der Waals surface area contributed by atoms with Crippen molar-refractivity contribution < 1.29 is 22.7 Å². The number of rotatable bonds is 5. The molecule has 0 aromatic heterocycles. The molecular formula is C18H17N3O5S. The van der Waals surface area contributed by atoms with Gasteiger partial charge in [0.15, 0.2) is 6.61 Å². The van der Waals surface area contributed by atoms with Crippen LogP contribution in [0.25, 0.3) is 0 Å². The molecule has 2 aliphatic rings. The van der Waals surface area contributed by atoms with E-state index >= 15 is 0 Å². The van der Waals surface area contributed by atoms with E-state index in [0.717, 1.165) is 12.8 Å². The minimum absolute atomic E-state index is 0.0514. The van der Waals surface area contributed by atoms with Gasteiger partial charge in [0.1, 0.15) is 5.75 Å². The van der Waals surface area contributed by atoms with E-state index in [4.69, 9.17) is 4.74 Å². The molecule has 0 spiro atoms. The van der Waals surface area contributed by atoms with E-state index in [9.17, 15) is 18.0 Å². The van der Waals surface area contributed by atoms with Crippen LogP contribution in [-0.4, -0.2) is 32.9 Å². The standard InChI is InChI=1S/C18H17N3O5S/c22-17-10-26-16-8-7-12(9-15(16)20-17)27(24,25)21-14-4-2-1-3-13(14)18(23)19-11-5-6-11/h1-4,7-9,11,21H,5-6,10H2,(H,19,23)(H,20,22). The van der Waals surface area contributed by atoms with Gasteiger partial charge in [-0.25, -0.2) is 8.42 Å². The summed E-state index contributed by atoms with van der Waals surface area (Å²) in [5.41, 5.74) is 0.727. The summed E-state index contributed by atoms with van der Waals surface area (Å²) in [6.45, 7) is -0.110. The normalized spacial score (nSPS) is 15.9. The number of hydrogen-bond donors (Lipinski definition) is 3. The molecule has 1 fully saturated rings. The molecule has 8 nitrogen and oxygen atoms in total. The Kier molecular flexibility index (Phi) is 4.23. The second-order valence-electron chi connectivity index (χ2n) is 6.39. The number of carbonyl (C=O) groups is 2. The fraction of sp³-hybridized carbons (Fsp3) is 0.222. The van der Waals surface area contributed by atoms with Crippen LogP contribution in [0, 0.1) is 0 Å². The molecule has 1 aliphatic heterocycles. The van der Waals surface area contributed by atoms with E-state index in [0.29, 0.717) is 5.75 Å². The molecule has 0 radical (unpaired) electrons. The molecule has 9 heteroatoms. The number of benzene rings is 2. The van der Waals surface area contributed by atoms with E-state index in [-0.39, 0.29) is 46.3 Å². The molecule has 0 bridgehead atoms. The van der Waals surface area contributed by atoms with Gasteiger partial charge in [0.25, 0.3) is 21.8 Å². The molecule has 0 saturated heterocycles. The van der Waals surface area contributed by atoms with E-state index in [1.165, 1.54) is 24.3 Å². The van der Waals surface area contributed by atoms with Gasteiger partial charge in [0.2, 0.25) is 0 Å². The van der Waals surface area contributed by atoms with Gasteiger partial charge in [-0.05, 0) is 43.2 Å². The van der Waals surface area contributed by atoms with Crippen molar-refractivity contribution in [2.24, 2.45) is 0 Å². The number of sulfonamides is 1. The van der Waals surface area contributed by atoms with Crippen molar-refractivity contribution in [3.63, 3.8) is 0 Å². The maximum absolute atomic E-state index is 12.8. The maximum Gasteiger partial charge on any atom is 0.262 e. The lowest BCUT2D eigenvalue weighted by Crippen LogP contribution is -2.27. The van der Waals surface area contributed by atoms with Crippen LogP contribution >= 0.6 is 0 Å². The maximum atomic E-state index is 12.8. The fourth-order valence-electron chi connectivity index (χ4n) is 2.69. The predicted molar refractivity (Wildman–Crippen MR) is 98.3 cm³/mol. The number of hydrogen-bond acceptors (Lipinski definition) is 5. The summed E-state index contributed by atoms with van der Waals surface area (Å²) < 4.78 is 33.3. The third kappa shape index (κ3) is 3.72. The number of nitrogens with one attached hydrogen (secondary N) is 3. The van der Waals surface area contributed by atoms with Gasteiger partial charge in [-0.3, -0.25) is 14.3 Å². The number of carbonyl (C=O) groups excluding carboxylic acids is 2. The van der Waals surface area contributed by atoms with Crippen LogP contribution in [0.2, 0.25) is 0 Å². The number of fused-ring (bicyclic) bond motifs is 1. The Morgan fingerprint density at radius 1 is 1.15 bits per heavy atom. The highest BCUT2D eigenvalue weighted by atomic mass is 32.2. The summed E-state index contributed by atoms with van der Waals surface area (Å²) in [7, 11) is -3.97. The first-order chi connectivity index (χ1) is 12.9. The Bertz CT molecular complexity index is 1030. The van der Waals surface area contributed by atoms with Crippen LogP contribution in [0.4, 0.5) is 11.4 Å². The first-order valence-corrected chi connectivity index (χ1v) is 9.90. The van der Waals surface area contributed by atoms with Crippen molar-refractivity contribution in [2.45, 2.75) is 23.8 Å². The van der Waals surface area contributed by atoms with Crippen LogP contribution in [-0.2, 0) is 14.8 Å². The van der Waals surface area contributed by atoms with Crippen molar-refractivity contribution in [2.75, 3.05) is 16.6 Å². The van der Waals surface area contributed by atoms with Crippen molar-refractivity contribution in [3.05, 3.63) is 48.0 Å². The first kappa shape index (κ1) is 17.3. The van der Waals surface area contributed by atoms with Gasteiger partial charge in [0, 0.05) is 6.04 Å². The summed E-state index contributed by atoms with van der Waals surface area (Å²) in [5, 5.41) is 5.42. The van der Waals surface area contributed by atoms with Crippen molar-refractivity contribution in [1.29, 1.82) is 0 Å². The van der Waals surface area contributed by atoms with E-state index in [1.54, 1.807) is 18.2 Å². The zero-order valence-electron chi connectivity index (χ0n) is 14.2. The van der Waals surface area contributed by atoms with Gasteiger partial charge in [0.05, 0.1) is 21.8 Å². The van der Waals surface area contributed by atoms with Gasteiger partial charge >= 0.3 is 0 Å². The third-order valence-electron chi connectivity index (χ3n) is 4.22. The van der Waals surface area contributed by atoms with Crippen LogP contribution < -0.4 is 20.1 Å². The zero-order valence-corrected chi connectivity index (χ0v) is 15.0. The molecule has 3 N–H and O–H groups in total. The van der Waals surface area contributed by atoms with Crippen molar-refractivity contribution in [1.82, 2.24) is 5.32 Å². The monoisotopic (exact) mass is 387 g/mol. The average molecular weight is 387 g/mol. The fourth-order valence-corrected chi connectivity index (χ4v) is 3.80. The molecule has 27 heavy (non-hydrogen) atoms. The van der Waals surface area contributed by atoms with Crippen LogP contribution in [0.1, 0.15) is 23.2 Å². The first-order valence-electron chi connectivity index (χ1n) is 8.42. The molecule has 1 saturated carbocycles. The molecule has 1 heterocycles. The highest BCUT2D eigenvalue weighted by molar-refractivity contribution is 7.92. The summed E-state index contributed by atoms with van der Waals surface area (Å²) in [6, 6.07) is 10.8. The van der Waals surface area contributed by atoms with Gasteiger partial charge < -0.3 is 15.4 Å². The lowest BCUT2D eigenvalue weighted by Gasteiger charge is -2.19. The Balaban J connectivity index is 1.61. The molecule has 0 unspecified atom stereocenters. The topological polar surface area (TPSA) is 114 Å². The quantitative estimate of drug-likeness (QED) is 0.723. The van der Waals surface area contributed by atoms with Gasteiger partial charge in [-0.2, -0.15) is 0 Å². The minimum atomic E-state index is -3.97. The third-order valence-corrected chi connectivity index (χ3v) is 5.59. The predicted octanol–water partition coefficient (Wildman–Crippen LogP) is 1.71. The van der Waals surface area contributed by atoms with Crippen LogP contribution in [0.15, 0.2) is 47.4 Å². The summed E-state index contributed by atoms with van der Waals surface area (Å²) in [6.07, 6.45) is 1.87. The highest BCUT2D eigenvalue weighted by Crippen LogP contribution is 2.31. The zero-order chi connectivity index (χ0) is 19.0. The van der Waals surface area contributed by atoms with Gasteiger partial charge in [-0.15, -0.1) is 0 Å². The number of ether oxygens (including phenoxy) is 1. The Morgan fingerprint density at radius 3 is 2.70 bits per heavy atom. The van der Waals surface area contributed by atoms with Gasteiger partial charge in [-0.1, -0.05) is 12.1 Å². The van der Waals surface area contributed by atoms with E-state index in [2.05, 4.69) is 15.4 Å². The largest absolute Gasteiger partial charge is 0.482 e. The summed E-state index contributed by atoms with van der Waals surface area (Å²) in [5.74, 6) is -0.272. The molecular weight excluding hydrogens is 370 g/mol. The van der Waals surface area contributed by atoms with Crippen LogP contribution in [0.5, 0.6) is 5.75 Å². The molecule has 140 valence electrons. The highest BCUT2D eigenvalue weighted by Gasteiger charge is 2.26. The molecule has 1 aliphatic carbocycles. The second-order valence-corrected chi connectivity index (χ2v) is 8.08. The number of para-hydroxylation sites is 1. The van der Waals surface area contributed by atoms with E-state index in [1.807, 2.05) is 0 Å². The van der Waals surface area contributed by atoms with Crippen molar-refractivity contribution in [3.8, 4) is 5.75 Å². The molecule has 0 atom stereocenters. The second kappa shape index (κ2) is 6.58. The average Bonchev–Trinajstić information content (AvgIpc) is 3.45. The SMILES string of the molecule is O=C1COc2ccc(S(=O)(=O)Nc3ccccc3C(=O)NC3CC3)cc2N1. The summed E-state index contributed by atoms with van der Waals surface area (Å²) >= 11 is 0. The lowest BCUT2D eigenvalue weighted by atomic mass is 10.1. The molecule has 2 aromatic rings. The molecule has 4 rings (SSSR count). The smallest absolute Gasteiger partial charge is 0.262 e. The minimum Gasteiger partial charge on any atom is -0.482 e. The van der Waals surface area contributed by atoms with Crippen molar-refractivity contribution >= 4 is 33.2 Å². The van der Waals surface area contributed by atoms with E-state index < -0.39 is 10.0 Å². The molecule has 2 amide bonds. The molecule has 2 aromatic carbocycles. The Labute approximate surface area is 156 Å². The Hall–Kier alpha value is -3.07. The Morgan fingerprint density at radius 2 is 1.93 bits per heavy atom. The number of anilines is 2. The lowest BCUT2D eigenvalue weighted by molar-refractivity contribution is -0.118. The van der Waals surface area contributed by atoms with Crippen LogP contribution in [0.3, 0.4) is 0 Å². The number of amides is 2.